The van der Waals surface area contributed by atoms with E-state index in [0.717, 1.165) is 57.1 Å². The van der Waals surface area contributed by atoms with Crippen molar-refractivity contribution in [2.24, 2.45) is 5.41 Å². The van der Waals surface area contributed by atoms with E-state index in [1.807, 2.05) is 24.3 Å². The second-order valence-corrected chi connectivity index (χ2v) is 17.7. The van der Waals surface area contributed by atoms with Gasteiger partial charge in [0.15, 0.2) is 5.60 Å². The van der Waals surface area contributed by atoms with E-state index in [0.29, 0.717) is 11.2 Å². The van der Waals surface area contributed by atoms with E-state index in [2.05, 4.69) is 119 Å². The summed E-state index contributed by atoms with van der Waals surface area (Å²) in [5.74, 6) is 3.17. The van der Waals surface area contributed by atoms with Gasteiger partial charge in [0.05, 0.1) is 25.7 Å². The fraction of sp³-hybridized carbons (Fsp3) is 0.321. The molecule has 1 spiro atoms. The second-order valence-electron chi connectivity index (χ2n) is 16.7. The molecular formula is C53H54O5S. The number of aryl methyl sites for hydroxylation is 2. The van der Waals surface area contributed by atoms with E-state index in [1.165, 1.54) is 69.3 Å². The van der Waals surface area contributed by atoms with Gasteiger partial charge in [-0.25, -0.2) is 0 Å². The number of benzene rings is 6. The van der Waals surface area contributed by atoms with E-state index >= 15 is 0 Å². The minimum atomic E-state index is -0.973. The van der Waals surface area contributed by atoms with Gasteiger partial charge in [0.2, 0.25) is 0 Å². The normalized spacial score (nSPS) is 18.2. The summed E-state index contributed by atoms with van der Waals surface area (Å²) in [7, 11) is 3.47. The molecule has 1 heterocycles. The number of rotatable bonds is 11. The summed E-state index contributed by atoms with van der Waals surface area (Å²) in [4.78, 5) is 2.34. The van der Waals surface area contributed by atoms with Gasteiger partial charge in [0, 0.05) is 32.4 Å². The highest BCUT2D eigenvalue weighted by atomic mass is 32.2. The molecule has 59 heavy (non-hydrogen) atoms. The molecule has 9 rings (SSSR count). The predicted molar refractivity (Wildman–Crippen MR) is 241 cm³/mol. The lowest BCUT2D eigenvalue weighted by Gasteiger charge is -2.47. The first kappa shape index (κ1) is 39.3. The van der Waals surface area contributed by atoms with Gasteiger partial charge in [-0.2, -0.15) is 0 Å². The van der Waals surface area contributed by atoms with Gasteiger partial charge in [0.1, 0.15) is 29.6 Å². The van der Waals surface area contributed by atoms with Crippen molar-refractivity contribution in [1.29, 1.82) is 0 Å². The lowest BCUT2D eigenvalue weighted by molar-refractivity contribution is 0.132. The first-order valence-corrected chi connectivity index (χ1v) is 22.0. The molecule has 5 nitrogen and oxygen atoms in total. The zero-order valence-corrected chi connectivity index (χ0v) is 35.9. The maximum atomic E-state index is 9.44. The summed E-state index contributed by atoms with van der Waals surface area (Å²) >= 11 is 1.79. The van der Waals surface area contributed by atoms with E-state index in [1.54, 1.807) is 26.0 Å². The molecule has 1 aliphatic heterocycles. The Labute approximate surface area is 353 Å². The molecule has 6 heteroatoms. The Balaban J connectivity index is 1.33. The van der Waals surface area contributed by atoms with Gasteiger partial charge in [-0.1, -0.05) is 111 Å². The van der Waals surface area contributed by atoms with Crippen LogP contribution in [0, 0.1) is 19.3 Å². The Hall–Kier alpha value is -5.17. The summed E-state index contributed by atoms with van der Waals surface area (Å²) in [6.07, 6.45) is 11.6. The lowest BCUT2D eigenvalue weighted by atomic mass is 9.58. The zero-order valence-electron chi connectivity index (χ0n) is 35.1. The Bertz CT molecular complexity index is 2540. The van der Waals surface area contributed by atoms with Gasteiger partial charge in [0.25, 0.3) is 0 Å². The summed E-state index contributed by atoms with van der Waals surface area (Å²) in [5.41, 5.74) is 10.4. The monoisotopic (exact) mass is 802 g/mol. The topological polar surface area (TPSA) is 57.2 Å². The highest BCUT2D eigenvalue weighted by molar-refractivity contribution is 7.99. The van der Waals surface area contributed by atoms with Gasteiger partial charge < -0.3 is 24.1 Å². The number of aliphatic hydroxyl groups excluding tert-OH is 1. The van der Waals surface area contributed by atoms with Crippen LogP contribution < -0.4 is 18.9 Å². The predicted octanol–water partition coefficient (Wildman–Crippen LogP) is 13.0. The third-order valence-electron chi connectivity index (χ3n) is 14.0. The minimum Gasteiger partial charge on any atom is -0.497 e. The number of aliphatic hydroxyl groups is 1. The molecule has 1 fully saturated rings. The average molecular weight is 803 g/mol. The summed E-state index contributed by atoms with van der Waals surface area (Å²) in [6, 6.07) is 36.6. The molecule has 1 atom stereocenters. The molecule has 1 saturated carbocycles. The molecule has 6 aromatic rings. The summed E-state index contributed by atoms with van der Waals surface area (Å²) < 4.78 is 25.5. The van der Waals surface area contributed by atoms with Crippen molar-refractivity contribution in [2.45, 2.75) is 87.0 Å². The van der Waals surface area contributed by atoms with Gasteiger partial charge in [-0.05, 0) is 126 Å². The van der Waals surface area contributed by atoms with Crippen molar-refractivity contribution >= 4 is 28.6 Å². The average Bonchev–Trinajstić information content (AvgIpc) is 3.56. The molecule has 0 radical (unpaired) electrons. The SMILES string of the molecule is CCC1(CC)CCC2(CC1)c1ccccc1-c1c2c2c(c3cc(OC)c(Sc4c(C)cccc4C)cc13)OC(c1ccc(OC)cc1)(c1ccc(OCCO)cc1)C=C2. The molecule has 0 aromatic heterocycles. The lowest BCUT2D eigenvalue weighted by Crippen LogP contribution is -2.38. The standard InChI is InChI=1S/C53H54O5S/c1-7-51(8-2)26-28-52(29-27-51)44-15-10-9-14-40(44)47-42-33-46(59-50-34(3)12-11-13-35(50)4)45(56-6)32-43(42)49-41(48(47)52)24-25-53(58-49,36-16-20-38(55-5)21-17-36)37-18-22-39(23-19-37)57-31-30-54/h9-25,32-33,54H,7-8,26-31H2,1-6H3. The number of hydrogen-bond donors (Lipinski definition) is 1. The molecule has 3 aliphatic rings. The Morgan fingerprint density at radius 2 is 1.39 bits per heavy atom. The van der Waals surface area contributed by atoms with E-state index in [-0.39, 0.29) is 18.6 Å². The zero-order chi connectivity index (χ0) is 40.9. The molecule has 2 aliphatic carbocycles. The first-order valence-electron chi connectivity index (χ1n) is 21.2. The smallest absolute Gasteiger partial charge is 0.178 e. The maximum absolute atomic E-state index is 9.44. The fourth-order valence-electron chi connectivity index (χ4n) is 10.4. The van der Waals surface area contributed by atoms with E-state index in [4.69, 9.17) is 18.9 Å². The van der Waals surface area contributed by atoms with Crippen molar-refractivity contribution < 1.29 is 24.1 Å². The molecule has 0 bridgehead atoms. The Kier molecular flexibility index (Phi) is 10.3. The van der Waals surface area contributed by atoms with Crippen LogP contribution in [-0.2, 0) is 11.0 Å². The van der Waals surface area contributed by atoms with Crippen LogP contribution in [-0.4, -0.2) is 32.5 Å². The highest BCUT2D eigenvalue weighted by Crippen LogP contribution is 2.65. The largest absolute Gasteiger partial charge is 0.497 e. The molecule has 1 N–H and O–H groups in total. The molecule has 6 aromatic carbocycles. The molecule has 302 valence electrons. The highest BCUT2D eigenvalue weighted by Gasteiger charge is 2.51. The van der Waals surface area contributed by atoms with Crippen LogP contribution in [0.15, 0.2) is 119 Å². The van der Waals surface area contributed by atoms with Crippen LogP contribution in [0.3, 0.4) is 0 Å². The minimum absolute atomic E-state index is 0.0466. The summed E-state index contributed by atoms with van der Waals surface area (Å²) in [5, 5.41) is 11.7. The van der Waals surface area contributed by atoms with Crippen molar-refractivity contribution in [3.8, 4) is 34.1 Å². The molecular weight excluding hydrogens is 749 g/mol. The number of methoxy groups -OCH3 is 2. The van der Waals surface area contributed by atoms with Crippen LogP contribution in [0.4, 0.5) is 0 Å². The van der Waals surface area contributed by atoms with Crippen LogP contribution in [0.2, 0.25) is 0 Å². The van der Waals surface area contributed by atoms with Crippen molar-refractivity contribution in [2.75, 3.05) is 27.4 Å². The van der Waals surface area contributed by atoms with Crippen molar-refractivity contribution in [3.63, 3.8) is 0 Å². The second kappa shape index (κ2) is 15.5. The number of hydrogen-bond acceptors (Lipinski definition) is 6. The molecule has 0 saturated heterocycles. The van der Waals surface area contributed by atoms with E-state index < -0.39 is 5.60 Å². The molecule has 0 amide bonds. The van der Waals surface area contributed by atoms with Crippen LogP contribution in [0.5, 0.6) is 23.0 Å². The van der Waals surface area contributed by atoms with Gasteiger partial charge >= 0.3 is 0 Å². The Morgan fingerprint density at radius 1 is 0.729 bits per heavy atom. The van der Waals surface area contributed by atoms with Gasteiger partial charge in [-0.3, -0.25) is 0 Å². The van der Waals surface area contributed by atoms with Crippen molar-refractivity contribution in [1.82, 2.24) is 0 Å². The maximum Gasteiger partial charge on any atom is 0.178 e. The van der Waals surface area contributed by atoms with Gasteiger partial charge in [-0.15, -0.1) is 0 Å². The van der Waals surface area contributed by atoms with Crippen molar-refractivity contribution in [3.05, 3.63) is 148 Å². The van der Waals surface area contributed by atoms with Crippen LogP contribution >= 0.6 is 11.8 Å². The Morgan fingerprint density at radius 3 is 2.02 bits per heavy atom. The summed E-state index contributed by atoms with van der Waals surface area (Å²) in [6.45, 7) is 9.34. The third-order valence-corrected chi connectivity index (χ3v) is 15.4. The number of ether oxygens (including phenoxy) is 4. The third kappa shape index (κ3) is 6.33. The van der Waals surface area contributed by atoms with Crippen LogP contribution in [0.25, 0.3) is 28.0 Å². The van der Waals surface area contributed by atoms with Crippen LogP contribution in [0.1, 0.15) is 91.3 Å². The first-order chi connectivity index (χ1) is 28.7. The molecule has 1 unspecified atom stereocenters. The fourth-order valence-corrected chi connectivity index (χ4v) is 11.5. The van der Waals surface area contributed by atoms with E-state index in [9.17, 15) is 5.11 Å². The number of fused-ring (bicyclic) bond motifs is 10. The quantitative estimate of drug-likeness (QED) is 0.141.